The van der Waals surface area contributed by atoms with Gasteiger partial charge in [-0.25, -0.2) is 14.6 Å². The number of cyclic esters (lactones) is 1. The van der Waals surface area contributed by atoms with Crippen LogP contribution < -0.4 is 25.2 Å². The molecule has 0 bridgehead atoms. The Kier molecular flexibility index (Phi) is 14.9. The number of halogens is 1. The highest BCUT2D eigenvalue weighted by Gasteiger charge is 2.46. The fourth-order valence-electron chi connectivity index (χ4n) is 12.3. The van der Waals surface area contributed by atoms with Gasteiger partial charge in [0, 0.05) is 111 Å². The smallest absolute Gasteiger partial charge is 0.415 e. The summed E-state index contributed by atoms with van der Waals surface area (Å²) >= 11 is 6.35. The zero-order valence-electron chi connectivity index (χ0n) is 45.3. The number of anilines is 1. The van der Waals surface area contributed by atoms with E-state index in [0.29, 0.717) is 117 Å². The summed E-state index contributed by atoms with van der Waals surface area (Å²) in [7, 11) is 2.05. The van der Waals surface area contributed by atoms with Crippen LogP contribution in [0.1, 0.15) is 110 Å². The number of carbonyl (C=O) groups is 4. The summed E-state index contributed by atoms with van der Waals surface area (Å²) in [6, 6.07) is 16.5. The van der Waals surface area contributed by atoms with Crippen molar-refractivity contribution >= 4 is 52.2 Å². The molecule has 11 rings (SSSR count). The molecule has 79 heavy (non-hydrogen) atoms. The van der Waals surface area contributed by atoms with E-state index in [0.717, 1.165) is 47.8 Å². The number of piperidine rings is 1. The number of nitrogens with zero attached hydrogens (tertiary/aromatic N) is 10. The monoisotopic (exact) mass is 1100 g/mol. The summed E-state index contributed by atoms with van der Waals surface area (Å²) < 4.78 is 19.5. The van der Waals surface area contributed by atoms with E-state index in [2.05, 4.69) is 50.3 Å². The minimum atomic E-state index is -1.95. The number of piperazine rings is 2. The molecule has 3 amide bonds. The Hall–Kier alpha value is -7.18. The minimum Gasteiger partial charge on any atom is -0.490 e. The van der Waals surface area contributed by atoms with Gasteiger partial charge >= 0.3 is 12.1 Å². The average molecular weight is 1100 g/mol. The molecule has 4 fully saturated rings. The molecule has 20 nitrogen and oxygen atoms in total. The van der Waals surface area contributed by atoms with E-state index < -0.39 is 17.7 Å². The van der Waals surface area contributed by atoms with Crippen molar-refractivity contribution in [2.24, 2.45) is 5.92 Å². The zero-order chi connectivity index (χ0) is 55.4. The number of carbonyl (C=O) groups excluding carboxylic acids is 4. The second-order valence-electron chi connectivity index (χ2n) is 22.2. The third-order valence-corrected chi connectivity index (χ3v) is 17.9. The number of benzene rings is 2. The largest absolute Gasteiger partial charge is 0.490 e. The SMILES string of the molecule is CC[C@@]1(O)C(=O)OCc2c1cc1n(c2=O)Cc2cc3c(CN4CCN(C(=O)C5CCN(c6ccc(C(=O)N[C@H]7CC[C@H](Oc8ccc(C#N)c(Cl)c8C)CC7)nn6)CC5)CC4)c(OC(=O)N4C[C@H](C)N(C)C[C@H]4C)ccc3nc2-1. The van der Waals surface area contributed by atoms with Crippen molar-refractivity contribution in [3.8, 4) is 29.0 Å². The van der Waals surface area contributed by atoms with E-state index in [9.17, 15) is 34.3 Å². The number of fused-ring (bicyclic) bond motifs is 5. The standard InChI is InChI=1S/C58H66ClN11O9/c1-6-58(76)44-26-47-52-38(30-70(47)55(73)43(44)32-77-56(58)74)25-41-42(49(15-12-45(41)62-52)79-57(75)69-29-33(2)65(5)28-34(69)3)31-66-21-23-68(24-22-66)54(72)36-17-19-67(20-18-36)50-16-13-46(63-64-50)53(71)61-39-8-10-40(11-9-39)78-48-14-7-37(27-60)51(59)35(48)4/h7,12-16,25-26,33-34,36,39-40,76H,6,8-11,17-24,28-32H2,1-5H3,(H,61,71)/t33-,34+,39-,40-,58-/m0/s1. The molecule has 8 heterocycles. The van der Waals surface area contributed by atoms with Crippen molar-refractivity contribution in [3.05, 3.63) is 103 Å². The number of pyridine rings is 2. The molecule has 414 valence electrons. The maximum atomic E-state index is 14.1. The number of hydrogen-bond donors (Lipinski definition) is 2. The molecule has 0 spiro atoms. The molecule has 3 atom stereocenters. The third kappa shape index (κ3) is 10.3. The van der Waals surface area contributed by atoms with Crippen molar-refractivity contribution < 1.29 is 38.5 Å². The van der Waals surface area contributed by atoms with Crippen LogP contribution in [0.4, 0.5) is 10.6 Å². The quantitative estimate of drug-likeness (QED) is 0.152. The van der Waals surface area contributed by atoms with Gasteiger partial charge in [-0.1, -0.05) is 18.5 Å². The summed E-state index contributed by atoms with van der Waals surface area (Å²) in [6.45, 7) is 12.8. The zero-order valence-corrected chi connectivity index (χ0v) is 46.1. The number of aromatic nitrogens is 4. The summed E-state index contributed by atoms with van der Waals surface area (Å²) in [5, 5.41) is 33.7. The van der Waals surface area contributed by atoms with Gasteiger partial charge in [-0.3, -0.25) is 24.2 Å². The molecule has 1 saturated carbocycles. The molecule has 3 aromatic heterocycles. The second-order valence-corrected chi connectivity index (χ2v) is 22.6. The van der Waals surface area contributed by atoms with Gasteiger partial charge in [0.25, 0.3) is 11.5 Å². The van der Waals surface area contributed by atoms with Gasteiger partial charge in [0.05, 0.1) is 45.7 Å². The molecule has 2 N–H and O–H groups in total. The Bertz CT molecular complexity index is 3340. The molecule has 5 aliphatic heterocycles. The number of aliphatic hydroxyl groups is 1. The molecule has 6 aliphatic rings. The lowest BCUT2D eigenvalue weighted by atomic mass is 9.86. The molecular formula is C58H66ClN11O9. The first-order valence-corrected chi connectivity index (χ1v) is 28.0. The van der Waals surface area contributed by atoms with E-state index in [-0.39, 0.29) is 83.9 Å². The number of nitrogens with one attached hydrogen (secondary N) is 1. The summed E-state index contributed by atoms with van der Waals surface area (Å²) in [5.74, 6) is 0.677. The first-order valence-electron chi connectivity index (χ1n) is 27.6. The highest BCUT2D eigenvalue weighted by Crippen LogP contribution is 2.41. The fraction of sp³-hybridized carbons (Fsp3) is 0.500. The van der Waals surface area contributed by atoms with Crippen molar-refractivity contribution in [2.75, 3.05) is 64.3 Å². The lowest BCUT2D eigenvalue weighted by molar-refractivity contribution is -0.172. The molecule has 21 heteroatoms. The van der Waals surface area contributed by atoms with Crippen LogP contribution in [0.25, 0.3) is 22.3 Å². The van der Waals surface area contributed by atoms with Gasteiger partial charge in [-0.2, -0.15) is 5.26 Å². The maximum absolute atomic E-state index is 14.1. The van der Waals surface area contributed by atoms with E-state index in [1.165, 1.54) is 0 Å². The number of amides is 3. The molecular weight excluding hydrogens is 1030 g/mol. The van der Waals surface area contributed by atoms with E-state index >= 15 is 0 Å². The normalized spacial score (nSPS) is 23.6. The topological polar surface area (TPSA) is 229 Å². The Morgan fingerprint density at radius 2 is 1.67 bits per heavy atom. The Morgan fingerprint density at radius 1 is 0.924 bits per heavy atom. The van der Waals surface area contributed by atoms with Crippen LogP contribution in [-0.4, -0.2) is 152 Å². The van der Waals surface area contributed by atoms with Crippen LogP contribution in [0.15, 0.2) is 53.3 Å². The molecule has 0 radical (unpaired) electrons. The van der Waals surface area contributed by atoms with Crippen LogP contribution in [0.3, 0.4) is 0 Å². The van der Waals surface area contributed by atoms with Crippen LogP contribution >= 0.6 is 11.6 Å². The number of rotatable bonds is 10. The summed E-state index contributed by atoms with van der Waals surface area (Å²) in [6.07, 6.45) is 3.91. The van der Waals surface area contributed by atoms with Gasteiger partial charge in [-0.15, -0.1) is 10.2 Å². The number of ether oxygens (including phenoxy) is 3. The second kappa shape index (κ2) is 21.8. The fourth-order valence-corrected chi connectivity index (χ4v) is 12.5. The predicted molar refractivity (Wildman–Crippen MR) is 293 cm³/mol. The lowest BCUT2D eigenvalue weighted by Crippen LogP contribution is -2.57. The van der Waals surface area contributed by atoms with Crippen molar-refractivity contribution in [1.82, 2.24) is 44.7 Å². The van der Waals surface area contributed by atoms with Gasteiger partial charge in [-0.05, 0) is 121 Å². The number of hydrogen-bond acceptors (Lipinski definition) is 16. The Balaban J connectivity index is 0.716. The Labute approximate surface area is 463 Å². The molecule has 0 unspecified atom stereocenters. The number of nitriles is 1. The summed E-state index contributed by atoms with van der Waals surface area (Å²) in [4.78, 5) is 83.6. The molecule has 5 aromatic rings. The highest BCUT2D eigenvalue weighted by molar-refractivity contribution is 6.32. The molecule has 2 aromatic carbocycles. The van der Waals surface area contributed by atoms with Crippen LogP contribution in [0.2, 0.25) is 5.02 Å². The number of esters is 1. The number of likely N-dealkylation sites (N-methyl/N-ethyl adjacent to an activating group) is 1. The van der Waals surface area contributed by atoms with Gasteiger partial charge in [0.15, 0.2) is 17.1 Å². The van der Waals surface area contributed by atoms with Gasteiger partial charge < -0.3 is 43.9 Å². The molecule has 1 aliphatic carbocycles. The van der Waals surface area contributed by atoms with Crippen LogP contribution in [0, 0.1) is 24.2 Å². The van der Waals surface area contributed by atoms with E-state index in [4.69, 9.17) is 30.8 Å². The molecule has 3 saturated heterocycles. The Morgan fingerprint density at radius 3 is 2.38 bits per heavy atom. The van der Waals surface area contributed by atoms with Crippen LogP contribution in [-0.2, 0) is 39.6 Å². The minimum absolute atomic E-state index is 0.0207. The van der Waals surface area contributed by atoms with Crippen molar-refractivity contribution in [1.29, 1.82) is 5.26 Å². The highest BCUT2D eigenvalue weighted by atomic mass is 35.5. The lowest BCUT2D eigenvalue weighted by Gasteiger charge is -2.41. The van der Waals surface area contributed by atoms with E-state index in [1.54, 1.807) is 46.7 Å². The van der Waals surface area contributed by atoms with Gasteiger partial charge in [0.2, 0.25) is 5.91 Å². The maximum Gasteiger partial charge on any atom is 0.415 e. The summed E-state index contributed by atoms with van der Waals surface area (Å²) in [5.41, 5.74) is 2.87. The first-order chi connectivity index (χ1) is 38.0. The van der Waals surface area contributed by atoms with Gasteiger partial charge in [0.1, 0.15) is 24.2 Å². The first kappa shape index (κ1) is 53.8. The van der Waals surface area contributed by atoms with Crippen molar-refractivity contribution in [2.45, 2.75) is 122 Å². The van der Waals surface area contributed by atoms with Crippen molar-refractivity contribution in [3.63, 3.8) is 0 Å². The van der Waals surface area contributed by atoms with E-state index in [1.807, 2.05) is 36.9 Å². The van der Waals surface area contributed by atoms with Crippen LogP contribution in [0.5, 0.6) is 11.5 Å². The average Bonchev–Trinajstić information content (AvgIpc) is 4.12. The third-order valence-electron chi connectivity index (χ3n) is 17.4. The predicted octanol–water partition coefficient (Wildman–Crippen LogP) is 5.91.